The number of fused-ring (bicyclic) bond motifs is 4. The number of nitriles is 2. The summed E-state index contributed by atoms with van der Waals surface area (Å²) in [5.41, 5.74) is 3.23. The molecule has 0 saturated carbocycles. The quantitative estimate of drug-likeness (QED) is 0.476. The molecule has 3 aromatic heterocycles. The van der Waals surface area contributed by atoms with Gasteiger partial charge in [0.1, 0.15) is 17.8 Å². The number of halogens is 1. The molecule has 1 saturated heterocycles. The summed E-state index contributed by atoms with van der Waals surface area (Å²) < 4.78 is 16.5. The number of benzene rings is 1. The van der Waals surface area contributed by atoms with Crippen LogP contribution < -0.4 is 0 Å². The average Bonchev–Trinajstić information content (AvgIpc) is 3.56. The molecule has 0 bridgehead atoms. The number of hydrogen-bond donors (Lipinski definition) is 1. The minimum absolute atomic E-state index is 0.0563. The van der Waals surface area contributed by atoms with Crippen LogP contribution in [0.2, 0.25) is 0 Å². The Morgan fingerprint density at radius 2 is 2.08 bits per heavy atom. The van der Waals surface area contributed by atoms with Crippen molar-refractivity contribution in [3.05, 3.63) is 65.6 Å². The first-order valence-corrected chi connectivity index (χ1v) is 11.5. The second-order valence-corrected chi connectivity index (χ2v) is 8.93. The third-order valence-electron chi connectivity index (χ3n) is 6.98. The van der Waals surface area contributed by atoms with Crippen molar-refractivity contribution < 1.29 is 9.18 Å². The molecule has 2 aliphatic rings. The zero-order valence-electron chi connectivity index (χ0n) is 19.1. The number of aromatic nitrogens is 5. The van der Waals surface area contributed by atoms with Gasteiger partial charge in [0, 0.05) is 43.3 Å². The van der Waals surface area contributed by atoms with Gasteiger partial charge in [-0.25, -0.2) is 14.4 Å². The number of nitrogens with zero attached hydrogens (tertiary/aromatic N) is 8. The van der Waals surface area contributed by atoms with Crippen LogP contribution in [0, 0.1) is 28.5 Å². The zero-order chi connectivity index (χ0) is 24.8. The molecule has 2 aliphatic heterocycles. The highest BCUT2D eigenvalue weighted by atomic mass is 19.1. The van der Waals surface area contributed by atoms with E-state index in [1.807, 2.05) is 16.8 Å². The van der Waals surface area contributed by atoms with Gasteiger partial charge in [-0.15, -0.1) is 0 Å². The minimum atomic E-state index is -0.708. The molecule has 2 atom stereocenters. The topological polar surface area (TPSA) is 131 Å². The van der Waals surface area contributed by atoms with E-state index in [1.54, 1.807) is 17.3 Å². The van der Waals surface area contributed by atoms with E-state index < -0.39 is 11.7 Å². The fourth-order valence-electron chi connectivity index (χ4n) is 5.28. The van der Waals surface area contributed by atoms with Crippen molar-refractivity contribution in [3.8, 4) is 23.4 Å². The Kier molecular flexibility index (Phi) is 5.20. The van der Waals surface area contributed by atoms with Crippen molar-refractivity contribution in [2.75, 3.05) is 26.2 Å². The van der Waals surface area contributed by atoms with Crippen molar-refractivity contribution >= 4 is 16.9 Å². The smallest absolute Gasteiger partial charge is 0.256 e. The normalized spacial score (nSPS) is 19.4. The fourth-order valence-corrected chi connectivity index (χ4v) is 5.28. The van der Waals surface area contributed by atoms with Crippen molar-refractivity contribution in [1.82, 2.24) is 34.5 Å². The lowest BCUT2D eigenvalue weighted by molar-refractivity contribution is 0.0302. The molecule has 178 valence electrons. The van der Waals surface area contributed by atoms with Crippen LogP contribution in [-0.2, 0) is 0 Å². The Bertz CT molecular complexity index is 1580. The summed E-state index contributed by atoms with van der Waals surface area (Å²) in [5.74, 6) is -1.13. The molecular formula is C25H20FN9O. The van der Waals surface area contributed by atoms with E-state index in [1.165, 1.54) is 18.5 Å². The van der Waals surface area contributed by atoms with E-state index >= 15 is 0 Å². The fraction of sp³-hybridized carbons (Fsp3) is 0.280. The molecule has 0 radical (unpaired) electrons. The standard InChI is InChI=1S/C25H20FN9O/c26-20-9-15(10-28)1-2-17(20)25(36)34-8-7-33-12-16(3-5-27)35-23(21(33)13-34)19(11-32-35)22-18-4-6-29-24(18)31-14-30-22/h1-2,4,6,9,11,14,16,21H,3,7-8,12-13H2,(H,29,30,31)/t16?,21-/m1/s1. The molecule has 10 nitrogen and oxygen atoms in total. The molecule has 0 spiro atoms. The van der Waals surface area contributed by atoms with E-state index in [2.05, 4.69) is 31.0 Å². The second kappa shape index (κ2) is 8.56. The minimum Gasteiger partial charge on any atom is -0.346 e. The lowest BCUT2D eigenvalue weighted by Crippen LogP contribution is -2.54. The van der Waals surface area contributed by atoms with Crippen LogP contribution >= 0.6 is 0 Å². The molecule has 4 aromatic rings. The van der Waals surface area contributed by atoms with Crippen LogP contribution in [0.3, 0.4) is 0 Å². The van der Waals surface area contributed by atoms with Gasteiger partial charge in [0.2, 0.25) is 0 Å². The van der Waals surface area contributed by atoms with E-state index in [0.717, 1.165) is 28.4 Å². The summed E-state index contributed by atoms with van der Waals surface area (Å²) >= 11 is 0. The van der Waals surface area contributed by atoms with Crippen LogP contribution in [0.4, 0.5) is 4.39 Å². The first kappa shape index (κ1) is 21.9. The van der Waals surface area contributed by atoms with Crippen LogP contribution in [0.1, 0.15) is 40.1 Å². The maximum atomic E-state index is 14.6. The van der Waals surface area contributed by atoms with Gasteiger partial charge in [-0.05, 0) is 24.3 Å². The van der Waals surface area contributed by atoms with Crippen LogP contribution in [-0.4, -0.2) is 66.6 Å². The number of piperazine rings is 1. The highest BCUT2D eigenvalue weighted by molar-refractivity contribution is 5.95. The van der Waals surface area contributed by atoms with Gasteiger partial charge in [0.25, 0.3) is 5.91 Å². The Morgan fingerprint density at radius 1 is 1.19 bits per heavy atom. The van der Waals surface area contributed by atoms with Gasteiger partial charge >= 0.3 is 0 Å². The number of hydrogen-bond acceptors (Lipinski definition) is 7. The summed E-state index contributed by atoms with van der Waals surface area (Å²) in [4.78, 5) is 29.1. The average molecular weight is 481 g/mol. The third kappa shape index (κ3) is 3.41. The highest BCUT2D eigenvalue weighted by Crippen LogP contribution is 2.41. The number of amides is 1. The molecule has 1 amide bonds. The van der Waals surface area contributed by atoms with Gasteiger partial charge in [-0.2, -0.15) is 15.6 Å². The molecule has 1 fully saturated rings. The molecule has 1 aromatic carbocycles. The number of nitrogens with one attached hydrogen (secondary N) is 1. The van der Waals surface area contributed by atoms with E-state index in [9.17, 15) is 14.4 Å². The van der Waals surface area contributed by atoms with Crippen molar-refractivity contribution in [1.29, 1.82) is 10.5 Å². The lowest BCUT2D eigenvalue weighted by Gasteiger charge is -2.46. The Labute approximate surface area is 205 Å². The monoisotopic (exact) mass is 481 g/mol. The molecule has 1 N–H and O–H groups in total. The summed E-state index contributed by atoms with van der Waals surface area (Å²) in [7, 11) is 0. The van der Waals surface area contributed by atoms with Gasteiger partial charge in [0.15, 0.2) is 0 Å². The van der Waals surface area contributed by atoms with E-state index in [-0.39, 0.29) is 23.2 Å². The lowest BCUT2D eigenvalue weighted by atomic mass is 9.96. The maximum Gasteiger partial charge on any atom is 0.256 e. The maximum absolute atomic E-state index is 14.6. The summed E-state index contributed by atoms with van der Waals surface area (Å²) in [6.07, 6.45) is 5.37. The summed E-state index contributed by atoms with van der Waals surface area (Å²) in [6, 6.07) is 9.63. The van der Waals surface area contributed by atoms with Gasteiger partial charge in [0.05, 0.1) is 59.4 Å². The van der Waals surface area contributed by atoms with E-state index in [4.69, 9.17) is 5.26 Å². The molecule has 11 heteroatoms. The van der Waals surface area contributed by atoms with Gasteiger partial charge in [-0.1, -0.05) is 0 Å². The van der Waals surface area contributed by atoms with Gasteiger partial charge < -0.3 is 9.88 Å². The number of carbonyl (C=O) groups is 1. The summed E-state index contributed by atoms with van der Waals surface area (Å²) in [5, 5.41) is 24.0. The van der Waals surface area contributed by atoms with Crippen molar-refractivity contribution in [2.45, 2.75) is 18.5 Å². The second-order valence-electron chi connectivity index (χ2n) is 8.93. The molecule has 1 unspecified atom stereocenters. The first-order valence-electron chi connectivity index (χ1n) is 11.5. The molecular weight excluding hydrogens is 461 g/mol. The van der Waals surface area contributed by atoms with E-state index in [0.29, 0.717) is 38.2 Å². The largest absolute Gasteiger partial charge is 0.346 e. The van der Waals surface area contributed by atoms with Crippen LogP contribution in [0.25, 0.3) is 22.3 Å². The molecule has 5 heterocycles. The number of rotatable bonds is 3. The predicted octanol–water partition coefficient (Wildman–Crippen LogP) is 2.80. The Balaban J connectivity index is 1.41. The SMILES string of the molecule is N#CCC1CN2CCN(C(=O)c3ccc(C#N)cc3F)C[C@@H]2c2c(-c3ncnc4[nH]ccc34)cnn21. The first-order chi connectivity index (χ1) is 17.6. The molecule has 0 aliphatic carbocycles. The Morgan fingerprint density at radius 3 is 2.89 bits per heavy atom. The van der Waals surface area contributed by atoms with Gasteiger partial charge in [-0.3, -0.25) is 14.4 Å². The number of H-pyrrole nitrogens is 1. The summed E-state index contributed by atoms with van der Waals surface area (Å²) in [6.45, 7) is 1.96. The number of carbonyl (C=O) groups excluding carboxylic acids is 1. The zero-order valence-corrected chi connectivity index (χ0v) is 19.1. The molecule has 6 rings (SSSR count). The molecule has 36 heavy (non-hydrogen) atoms. The Hall–Kier alpha value is -4.61. The third-order valence-corrected chi connectivity index (χ3v) is 6.98. The van der Waals surface area contributed by atoms with Crippen molar-refractivity contribution in [2.24, 2.45) is 0 Å². The highest BCUT2D eigenvalue weighted by Gasteiger charge is 2.41. The van der Waals surface area contributed by atoms with Crippen LogP contribution in [0.5, 0.6) is 0 Å². The predicted molar refractivity (Wildman–Crippen MR) is 126 cm³/mol. The number of aromatic amines is 1. The van der Waals surface area contributed by atoms with Crippen molar-refractivity contribution in [3.63, 3.8) is 0 Å². The van der Waals surface area contributed by atoms with Crippen LogP contribution in [0.15, 0.2) is 43.0 Å².